The van der Waals surface area contributed by atoms with E-state index in [2.05, 4.69) is 103 Å². The summed E-state index contributed by atoms with van der Waals surface area (Å²) in [4.78, 5) is 0. The van der Waals surface area contributed by atoms with Crippen LogP contribution in [0, 0.1) is 0 Å². The van der Waals surface area contributed by atoms with Gasteiger partial charge in [-0.3, -0.25) is 0 Å². The molecule has 2 aromatic heterocycles. The number of hydrogen-bond acceptors (Lipinski definition) is 2. The number of benzene rings is 6. The van der Waals surface area contributed by atoms with Gasteiger partial charge in [-0.1, -0.05) is 72.8 Å². The first-order valence-corrected chi connectivity index (χ1v) is 12.3. The van der Waals surface area contributed by atoms with Crippen LogP contribution in [0.1, 0.15) is 0 Å². The van der Waals surface area contributed by atoms with Gasteiger partial charge in [-0.2, -0.15) is 0 Å². The Balaban J connectivity index is 1.50. The van der Waals surface area contributed by atoms with Crippen molar-refractivity contribution in [2.24, 2.45) is 0 Å². The molecule has 0 amide bonds. The summed E-state index contributed by atoms with van der Waals surface area (Å²) in [5.41, 5.74) is 4.36. The zero-order chi connectivity index (χ0) is 22.2. The highest BCUT2D eigenvalue weighted by Gasteiger charge is 2.15. The topological polar surface area (TPSA) is 13.1 Å². The van der Waals surface area contributed by atoms with Crippen LogP contribution >= 0.6 is 11.3 Å². The minimum Gasteiger partial charge on any atom is -0.456 e. The molecule has 2 heterocycles. The van der Waals surface area contributed by atoms with Crippen LogP contribution in [0.2, 0.25) is 0 Å². The average molecular weight is 451 g/mol. The van der Waals surface area contributed by atoms with Gasteiger partial charge in [0.2, 0.25) is 0 Å². The Hall–Kier alpha value is -4.14. The molecule has 0 atom stereocenters. The molecule has 0 spiro atoms. The highest BCUT2D eigenvalue weighted by Crippen LogP contribution is 2.42. The largest absolute Gasteiger partial charge is 0.456 e. The van der Waals surface area contributed by atoms with Gasteiger partial charge in [0.05, 0.1) is 0 Å². The number of thiophene rings is 1. The molecule has 0 radical (unpaired) electrons. The Bertz CT molecular complexity index is 2070. The van der Waals surface area contributed by atoms with Gasteiger partial charge in [-0.25, -0.2) is 0 Å². The summed E-state index contributed by atoms with van der Waals surface area (Å²) >= 11 is 1.87. The molecule has 0 aliphatic carbocycles. The molecule has 6 aromatic carbocycles. The maximum atomic E-state index is 6.28. The summed E-state index contributed by atoms with van der Waals surface area (Å²) in [5, 5.41) is 10.0. The fraction of sp³-hybridized carbons (Fsp3) is 0. The van der Waals surface area contributed by atoms with Gasteiger partial charge in [-0.15, -0.1) is 11.3 Å². The number of para-hydroxylation sites is 1. The second-order valence-electron chi connectivity index (χ2n) is 8.95. The van der Waals surface area contributed by atoms with E-state index < -0.39 is 0 Å². The van der Waals surface area contributed by atoms with E-state index in [-0.39, 0.29) is 0 Å². The van der Waals surface area contributed by atoms with E-state index in [0.29, 0.717) is 0 Å². The van der Waals surface area contributed by atoms with Crippen molar-refractivity contribution in [1.29, 1.82) is 0 Å². The molecular formula is C32H18OS. The van der Waals surface area contributed by atoms with Crippen LogP contribution in [0.15, 0.2) is 114 Å². The second kappa shape index (κ2) is 6.69. The SMILES string of the molecule is c1ccc2c(c1)cc(-c1ccc3c(c1)sc1ccccc13)c1cc3oc4ccccc4c3cc12. The fourth-order valence-electron chi connectivity index (χ4n) is 5.45. The number of furan rings is 1. The highest BCUT2D eigenvalue weighted by molar-refractivity contribution is 7.25. The van der Waals surface area contributed by atoms with Crippen molar-refractivity contribution in [2.45, 2.75) is 0 Å². The number of fused-ring (bicyclic) bond motifs is 9. The standard InChI is InChI=1S/C32H18OS/c1-2-8-21-19(7-1)15-25(20-13-14-24-23-10-4-6-12-31(23)34-32(24)16-20)27-18-30-28(17-26(21)27)22-9-3-5-11-29(22)33-30/h1-18H. The highest BCUT2D eigenvalue weighted by atomic mass is 32.1. The maximum absolute atomic E-state index is 6.28. The maximum Gasteiger partial charge on any atom is 0.136 e. The predicted molar refractivity (Wildman–Crippen MR) is 147 cm³/mol. The molecule has 8 rings (SSSR count). The second-order valence-corrected chi connectivity index (χ2v) is 10.0. The Morgan fingerprint density at radius 2 is 1.21 bits per heavy atom. The Labute approximate surface area is 199 Å². The van der Waals surface area contributed by atoms with E-state index in [1.165, 1.54) is 63.6 Å². The first kappa shape index (κ1) is 18.3. The van der Waals surface area contributed by atoms with Crippen LogP contribution in [0.4, 0.5) is 0 Å². The van der Waals surface area contributed by atoms with Crippen LogP contribution in [0.5, 0.6) is 0 Å². The summed E-state index contributed by atoms with van der Waals surface area (Å²) in [6.45, 7) is 0. The molecule has 0 saturated carbocycles. The van der Waals surface area contributed by atoms with Gasteiger partial charge in [0.1, 0.15) is 11.2 Å². The van der Waals surface area contributed by atoms with Crippen LogP contribution in [0.25, 0.3) is 74.8 Å². The molecule has 1 nitrogen and oxygen atoms in total. The van der Waals surface area contributed by atoms with Gasteiger partial charge < -0.3 is 4.42 Å². The van der Waals surface area contributed by atoms with Crippen LogP contribution < -0.4 is 0 Å². The lowest BCUT2D eigenvalue weighted by atomic mass is 9.92. The normalized spacial score (nSPS) is 12.1. The molecule has 8 aromatic rings. The van der Waals surface area contributed by atoms with Crippen molar-refractivity contribution in [3.8, 4) is 11.1 Å². The van der Waals surface area contributed by atoms with E-state index in [0.717, 1.165) is 11.2 Å². The van der Waals surface area contributed by atoms with Gasteiger partial charge in [-0.05, 0) is 69.1 Å². The molecule has 158 valence electrons. The summed E-state index contributed by atoms with van der Waals surface area (Å²) in [6, 6.07) is 39.5. The Morgan fingerprint density at radius 3 is 2.15 bits per heavy atom. The lowest BCUT2D eigenvalue weighted by Gasteiger charge is -2.12. The average Bonchev–Trinajstić information content (AvgIpc) is 3.44. The van der Waals surface area contributed by atoms with Crippen molar-refractivity contribution in [3.05, 3.63) is 109 Å². The predicted octanol–water partition coefficient (Wildman–Crippen LogP) is 9.93. The summed E-state index contributed by atoms with van der Waals surface area (Å²) in [5.74, 6) is 0. The molecule has 0 bridgehead atoms. The Kier molecular flexibility index (Phi) is 3.60. The summed E-state index contributed by atoms with van der Waals surface area (Å²) in [7, 11) is 0. The fourth-order valence-corrected chi connectivity index (χ4v) is 6.60. The van der Waals surface area contributed by atoms with Gasteiger partial charge >= 0.3 is 0 Å². The van der Waals surface area contributed by atoms with Crippen molar-refractivity contribution >= 4 is 75.0 Å². The summed E-state index contributed by atoms with van der Waals surface area (Å²) in [6.07, 6.45) is 0. The van der Waals surface area contributed by atoms with E-state index in [9.17, 15) is 0 Å². The molecular weight excluding hydrogens is 432 g/mol. The van der Waals surface area contributed by atoms with E-state index >= 15 is 0 Å². The Morgan fingerprint density at radius 1 is 0.441 bits per heavy atom. The summed E-state index contributed by atoms with van der Waals surface area (Å²) < 4.78 is 8.93. The van der Waals surface area contributed by atoms with Gasteiger partial charge in [0.25, 0.3) is 0 Å². The molecule has 0 aliphatic rings. The lowest BCUT2D eigenvalue weighted by Crippen LogP contribution is -1.85. The van der Waals surface area contributed by atoms with Gasteiger partial charge in [0.15, 0.2) is 0 Å². The zero-order valence-corrected chi connectivity index (χ0v) is 19.0. The van der Waals surface area contributed by atoms with Crippen LogP contribution in [-0.2, 0) is 0 Å². The first-order valence-electron chi connectivity index (χ1n) is 11.5. The molecule has 2 heteroatoms. The first-order chi connectivity index (χ1) is 16.8. The molecule has 0 fully saturated rings. The third-order valence-electron chi connectivity index (χ3n) is 7.05. The quantitative estimate of drug-likeness (QED) is 0.227. The molecule has 0 aliphatic heterocycles. The molecule has 0 saturated heterocycles. The molecule has 0 unspecified atom stereocenters. The van der Waals surface area contributed by atoms with Crippen molar-refractivity contribution in [3.63, 3.8) is 0 Å². The van der Waals surface area contributed by atoms with Crippen LogP contribution in [0.3, 0.4) is 0 Å². The lowest BCUT2D eigenvalue weighted by molar-refractivity contribution is 0.669. The molecule has 0 N–H and O–H groups in total. The van der Waals surface area contributed by atoms with Crippen molar-refractivity contribution < 1.29 is 4.42 Å². The third-order valence-corrected chi connectivity index (χ3v) is 8.18. The minimum absolute atomic E-state index is 0.936. The van der Waals surface area contributed by atoms with E-state index in [1.54, 1.807) is 0 Å². The number of rotatable bonds is 1. The zero-order valence-electron chi connectivity index (χ0n) is 18.2. The van der Waals surface area contributed by atoms with Crippen molar-refractivity contribution in [2.75, 3.05) is 0 Å². The smallest absolute Gasteiger partial charge is 0.136 e. The van der Waals surface area contributed by atoms with Gasteiger partial charge in [0, 0.05) is 30.9 Å². The minimum atomic E-state index is 0.936. The van der Waals surface area contributed by atoms with Crippen LogP contribution in [-0.4, -0.2) is 0 Å². The third kappa shape index (κ3) is 2.49. The van der Waals surface area contributed by atoms with E-state index in [1.807, 2.05) is 17.4 Å². The van der Waals surface area contributed by atoms with Crippen molar-refractivity contribution in [1.82, 2.24) is 0 Å². The number of hydrogen-bond donors (Lipinski definition) is 0. The molecule has 34 heavy (non-hydrogen) atoms. The monoisotopic (exact) mass is 450 g/mol. The van der Waals surface area contributed by atoms with E-state index in [4.69, 9.17) is 4.42 Å².